The number of aromatic nitrogens is 2. The molecule has 6 heteroatoms. The first-order chi connectivity index (χ1) is 7.91. The number of aliphatic carboxylic acids is 1. The number of hydrogen-bond donors (Lipinski definition) is 2. The minimum absolute atomic E-state index is 0.0490. The Bertz CT molecular complexity index is 414. The predicted octanol–water partition coefficient (Wildman–Crippen LogP) is 0.582. The number of carboxylic acids is 1. The maximum absolute atomic E-state index is 11.9. The summed E-state index contributed by atoms with van der Waals surface area (Å²) < 4.78 is 0. The SMILES string of the molecule is Cc1[nH]ncc1CC(=O)N(C)C(C)CC(=O)O. The van der Waals surface area contributed by atoms with Gasteiger partial charge >= 0.3 is 5.97 Å². The molecule has 1 unspecified atom stereocenters. The second-order valence-corrected chi connectivity index (χ2v) is 4.15. The number of rotatable bonds is 5. The summed E-state index contributed by atoms with van der Waals surface area (Å²) in [5.74, 6) is -1.01. The van der Waals surface area contributed by atoms with Crippen molar-refractivity contribution in [1.82, 2.24) is 15.1 Å². The second kappa shape index (κ2) is 5.47. The Morgan fingerprint density at radius 2 is 2.24 bits per heavy atom. The summed E-state index contributed by atoms with van der Waals surface area (Å²) >= 11 is 0. The van der Waals surface area contributed by atoms with Crippen molar-refractivity contribution in [1.29, 1.82) is 0 Å². The van der Waals surface area contributed by atoms with Crippen LogP contribution in [0.3, 0.4) is 0 Å². The zero-order valence-corrected chi connectivity index (χ0v) is 10.2. The fourth-order valence-electron chi connectivity index (χ4n) is 1.48. The maximum Gasteiger partial charge on any atom is 0.305 e. The third-order valence-corrected chi connectivity index (χ3v) is 2.80. The lowest BCUT2D eigenvalue weighted by molar-refractivity contribution is -0.139. The van der Waals surface area contributed by atoms with Crippen LogP contribution in [-0.2, 0) is 16.0 Å². The summed E-state index contributed by atoms with van der Waals surface area (Å²) in [5, 5.41) is 15.3. The normalized spacial score (nSPS) is 12.2. The van der Waals surface area contributed by atoms with Gasteiger partial charge in [0.1, 0.15) is 0 Å². The lowest BCUT2D eigenvalue weighted by atomic mass is 10.1. The molecule has 0 saturated carbocycles. The molecule has 2 N–H and O–H groups in total. The molecule has 0 radical (unpaired) electrons. The quantitative estimate of drug-likeness (QED) is 0.787. The van der Waals surface area contributed by atoms with Gasteiger partial charge in [-0.05, 0) is 13.8 Å². The average molecular weight is 239 g/mol. The number of hydrogen-bond acceptors (Lipinski definition) is 3. The number of nitrogens with one attached hydrogen (secondary N) is 1. The van der Waals surface area contributed by atoms with E-state index in [1.807, 2.05) is 6.92 Å². The molecule has 1 aromatic heterocycles. The van der Waals surface area contributed by atoms with Crippen LogP contribution in [0.25, 0.3) is 0 Å². The van der Waals surface area contributed by atoms with Crippen LogP contribution in [0.1, 0.15) is 24.6 Å². The zero-order valence-electron chi connectivity index (χ0n) is 10.2. The molecule has 1 amide bonds. The Labute approximate surface area is 99.6 Å². The minimum Gasteiger partial charge on any atom is -0.481 e. The molecule has 0 spiro atoms. The van der Waals surface area contributed by atoms with E-state index in [0.717, 1.165) is 11.3 Å². The van der Waals surface area contributed by atoms with Crippen LogP contribution in [0.15, 0.2) is 6.20 Å². The molecular weight excluding hydrogens is 222 g/mol. The van der Waals surface area contributed by atoms with Gasteiger partial charge in [0.25, 0.3) is 0 Å². The van der Waals surface area contributed by atoms with E-state index in [2.05, 4.69) is 10.2 Å². The van der Waals surface area contributed by atoms with Crippen molar-refractivity contribution in [3.8, 4) is 0 Å². The highest BCUT2D eigenvalue weighted by molar-refractivity contribution is 5.79. The Morgan fingerprint density at radius 3 is 2.71 bits per heavy atom. The van der Waals surface area contributed by atoms with Crippen LogP contribution in [-0.4, -0.2) is 45.2 Å². The monoisotopic (exact) mass is 239 g/mol. The number of carbonyl (C=O) groups is 2. The number of carboxylic acid groups (broad SMARTS) is 1. The van der Waals surface area contributed by atoms with E-state index in [9.17, 15) is 9.59 Å². The first-order valence-corrected chi connectivity index (χ1v) is 5.38. The van der Waals surface area contributed by atoms with Gasteiger partial charge in [-0.3, -0.25) is 14.7 Å². The van der Waals surface area contributed by atoms with Crippen molar-refractivity contribution in [3.05, 3.63) is 17.5 Å². The van der Waals surface area contributed by atoms with E-state index < -0.39 is 5.97 Å². The number of amides is 1. The van der Waals surface area contributed by atoms with Gasteiger partial charge in [-0.1, -0.05) is 0 Å². The van der Waals surface area contributed by atoms with Gasteiger partial charge < -0.3 is 10.0 Å². The van der Waals surface area contributed by atoms with E-state index in [0.29, 0.717) is 0 Å². The number of aromatic amines is 1. The molecule has 1 atom stereocenters. The molecule has 94 valence electrons. The standard InChI is InChI=1S/C11H17N3O3/c1-7(4-11(16)17)14(3)10(15)5-9-6-12-13-8(9)2/h6-7H,4-5H2,1-3H3,(H,12,13)(H,16,17). The summed E-state index contributed by atoms with van der Waals surface area (Å²) in [4.78, 5) is 23.9. The van der Waals surface area contributed by atoms with E-state index in [-0.39, 0.29) is 24.8 Å². The van der Waals surface area contributed by atoms with Crippen LogP contribution in [0.5, 0.6) is 0 Å². The summed E-state index contributed by atoms with van der Waals surface area (Å²) in [5.41, 5.74) is 1.70. The Hall–Kier alpha value is -1.85. The fourth-order valence-corrected chi connectivity index (χ4v) is 1.48. The lowest BCUT2D eigenvalue weighted by Crippen LogP contribution is -2.37. The van der Waals surface area contributed by atoms with Crippen LogP contribution in [0, 0.1) is 6.92 Å². The largest absolute Gasteiger partial charge is 0.481 e. The summed E-state index contributed by atoms with van der Waals surface area (Å²) in [7, 11) is 1.62. The van der Waals surface area contributed by atoms with Gasteiger partial charge in [-0.25, -0.2) is 0 Å². The Morgan fingerprint density at radius 1 is 1.59 bits per heavy atom. The summed E-state index contributed by atoms with van der Waals surface area (Å²) in [6.07, 6.45) is 1.80. The van der Waals surface area contributed by atoms with Crippen LogP contribution >= 0.6 is 0 Å². The van der Waals surface area contributed by atoms with E-state index in [4.69, 9.17) is 5.11 Å². The molecule has 0 fully saturated rings. The molecule has 0 aliphatic carbocycles. The molecule has 1 heterocycles. The third-order valence-electron chi connectivity index (χ3n) is 2.80. The zero-order chi connectivity index (χ0) is 13.0. The van der Waals surface area contributed by atoms with E-state index >= 15 is 0 Å². The lowest BCUT2D eigenvalue weighted by Gasteiger charge is -2.23. The average Bonchev–Trinajstić information content (AvgIpc) is 2.62. The first kappa shape index (κ1) is 13.2. The third kappa shape index (κ3) is 3.58. The molecule has 0 aliphatic rings. The number of likely N-dealkylation sites (N-methyl/N-ethyl adjacent to an activating group) is 1. The Balaban J connectivity index is 2.58. The molecule has 0 aliphatic heterocycles. The van der Waals surface area contributed by atoms with Crippen LogP contribution < -0.4 is 0 Å². The van der Waals surface area contributed by atoms with Gasteiger partial charge in [0.2, 0.25) is 5.91 Å². The second-order valence-electron chi connectivity index (χ2n) is 4.15. The number of carbonyl (C=O) groups excluding carboxylic acids is 1. The number of nitrogens with zero attached hydrogens (tertiary/aromatic N) is 2. The molecule has 0 saturated heterocycles. The molecule has 6 nitrogen and oxygen atoms in total. The van der Waals surface area contributed by atoms with Crippen molar-refractivity contribution in [2.24, 2.45) is 0 Å². The summed E-state index contributed by atoms with van der Waals surface area (Å²) in [6, 6.07) is -0.313. The molecule has 0 aromatic carbocycles. The molecule has 0 bridgehead atoms. The molecule has 1 rings (SSSR count). The van der Waals surface area contributed by atoms with Crippen LogP contribution in [0.2, 0.25) is 0 Å². The van der Waals surface area contributed by atoms with Gasteiger partial charge in [0.15, 0.2) is 0 Å². The van der Waals surface area contributed by atoms with Gasteiger partial charge in [-0.15, -0.1) is 0 Å². The van der Waals surface area contributed by atoms with Crippen molar-refractivity contribution in [3.63, 3.8) is 0 Å². The number of H-pyrrole nitrogens is 1. The number of aryl methyl sites for hydroxylation is 1. The topological polar surface area (TPSA) is 86.3 Å². The first-order valence-electron chi connectivity index (χ1n) is 5.38. The highest BCUT2D eigenvalue weighted by Crippen LogP contribution is 2.08. The van der Waals surface area contributed by atoms with Crippen molar-refractivity contribution in [2.45, 2.75) is 32.7 Å². The molecular formula is C11H17N3O3. The van der Waals surface area contributed by atoms with Crippen molar-refractivity contribution >= 4 is 11.9 Å². The van der Waals surface area contributed by atoms with Gasteiger partial charge in [-0.2, -0.15) is 5.10 Å². The fraction of sp³-hybridized carbons (Fsp3) is 0.545. The van der Waals surface area contributed by atoms with E-state index in [1.54, 1.807) is 20.2 Å². The van der Waals surface area contributed by atoms with Gasteiger partial charge in [0.05, 0.1) is 19.0 Å². The highest BCUT2D eigenvalue weighted by atomic mass is 16.4. The van der Waals surface area contributed by atoms with Gasteiger partial charge in [0, 0.05) is 24.3 Å². The summed E-state index contributed by atoms with van der Waals surface area (Å²) in [6.45, 7) is 3.56. The maximum atomic E-state index is 11.9. The molecule has 1 aromatic rings. The Kier molecular flexibility index (Phi) is 4.25. The van der Waals surface area contributed by atoms with Crippen molar-refractivity contribution in [2.75, 3.05) is 7.05 Å². The predicted molar refractivity (Wildman–Crippen MR) is 61.5 cm³/mol. The smallest absolute Gasteiger partial charge is 0.305 e. The van der Waals surface area contributed by atoms with Crippen LogP contribution in [0.4, 0.5) is 0 Å². The van der Waals surface area contributed by atoms with Crippen molar-refractivity contribution < 1.29 is 14.7 Å². The highest BCUT2D eigenvalue weighted by Gasteiger charge is 2.19. The van der Waals surface area contributed by atoms with E-state index in [1.165, 1.54) is 4.90 Å². The minimum atomic E-state index is -0.906. The molecule has 17 heavy (non-hydrogen) atoms.